The van der Waals surface area contributed by atoms with E-state index in [4.69, 9.17) is 9.47 Å². The van der Waals surface area contributed by atoms with E-state index in [0.717, 1.165) is 6.61 Å². The molecule has 3 nitrogen and oxygen atoms in total. The molecule has 1 unspecified atom stereocenters. The zero-order valence-electron chi connectivity index (χ0n) is 9.76. The second-order valence-electron chi connectivity index (χ2n) is 4.45. The SMILES string of the molecule is COCC(C)N(C)COC(C)(C)C. The normalized spacial score (nSPS) is 15.0. The molecule has 0 aliphatic carbocycles. The van der Waals surface area contributed by atoms with Crippen molar-refractivity contribution < 1.29 is 9.47 Å². The van der Waals surface area contributed by atoms with Crippen LogP contribution in [0.2, 0.25) is 0 Å². The molecule has 0 N–H and O–H groups in total. The molecule has 3 heteroatoms. The molecule has 80 valence electrons. The molecule has 0 bridgehead atoms. The van der Waals surface area contributed by atoms with E-state index in [1.54, 1.807) is 7.11 Å². The van der Waals surface area contributed by atoms with Gasteiger partial charge in [0, 0.05) is 13.2 Å². The van der Waals surface area contributed by atoms with E-state index in [1.165, 1.54) is 0 Å². The second-order valence-corrected chi connectivity index (χ2v) is 4.45. The van der Waals surface area contributed by atoms with Gasteiger partial charge in [-0.05, 0) is 34.7 Å². The number of ether oxygens (including phenoxy) is 2. The molecule has 0 aromatic carbocycles. The van der Waals surface area contributed by atoms with E-state index in [0.29, 0.717) is 12.8 Å². The van der Waals surface area contributed by atoms with E-state index in [1.807, 2.05) is 7.05 Å². The van der Waals surface area contributed by atoms with Crippen LogP contribution in [0.25, 0.3) is 0 Å². The summed E-state index contributed by atoms with van der Waals surface area (Å²) in [7, 11) is 3.75. The number of hydrogen-bond donors (Lipinski definition) is 0. The van der Waals surface area contributed by atoms with Crippen molar-refractivity contribution in [1.29, 1.82) is 0 Å². The molecule has 0 rings (SSSR count). The zero-order valence-corrected chi connectivity index (χ0v) is 9.76. The monoisotopic (exact) mass is 189 g/mol. The molecule has 0 heterocycles. The molecular weight excluding hydrogens is 166 g/mol. The predicted molar refractivity (Wildman–Crippen MR) is 54.8 cm³/mol. The molecule has 0 saturated carbocycles. The van der Waals surface area contributed by atoms with E-state index in [9.17, 15) is 0 Å². The van der Waals surface area contributed by atoms with Crippen LogP contribution in [0.4, 0.5) is 0 Å². The van der Waals surface area contributed by atoms with Crippen LogP contribution in [0.1, 0.15) is 27.7 Å². The minimum absolute atomic E-state index is 0.0684. The Kier molecular flexibility index (Phi) is 5.53. The Hall–Kier alpha value is -0.120. The van der Waals surface area contributed by atoms with Gasteiger partial charge in [0.25, 0.3) is 0 Å². The van der Waals surface area contributed by atoms with Crippen LogP contribution >= 0.6 is 0 Å². The lowest BCUT2D eigenvalue weighted by Crippen LogP contribution is -2.37. The van der Waals surface area contributed by atoms with Gasteiger partial charge in [0.2, 0.25) is 0 Å². The average Bonchev–Trinajstić information content (AvgIpc) is 1.99. The molecule has 0 saturated heterocycles. The molecule has 0 aromatic heterocycles. The predicted octanol–water partition coefficient (Wildman–Crippen LogP) is 1.73. The Morgan fingerprint density at radius 2 is 1.85 bits per heavy atom. The van der Waals surface area contributed by atoms with E-state index in [2.05, 4.69) is 32.6 Å². The summed E-state index contributed by atoms with van der Waals surface area (Å²) in [6.07, 6.45) is 0. The standard InChI is InChI=1S/C10H23NO2/c1-9(7-12-6)11(5)8-13-10(2,3)4/h9H,7-8H2,1-6H3. The number of methoxy groups -OCH3 is 1. The van der Waals surface area contributed by atoms with E-state index >= 15 is 0 Å². The minimum Gasteiger partial charge on any atom is -0.383 e. The summed E-state index contributed by atoms with van der Waals surface area (Å²) < 4.78 is 10.7. The summed E-state index contributed by atoms with van der Waals surface area (Å²) in [5, 5.41) is 0. The summed E-state index contributed by atoms with van der Waals surface area (Å²) in [5.41, 5.74) is -0.0684. The van der Waals surface area contributed by atoms with Gasteiger partial charge >= 0.3 is 0 Å². The molecule has 0 radical (unpaired) electrons. The fourth-order valence-electron chi connectivity index (χ4n) is 0.791. The van der Waals surface area contributed by atoms with Gasteiger partial charge in [0.15, 0.2) is 0 Å². The van der Waals surface area contributed by atoms with Crippen molar-refractivity contribution in [3.63, 3.8) is 0 Å². The third-order valence-corrected chi connectivity index (χ3v) is 1.86. The van der Waals surface area contributed by atoms with E-state index in [-0.39, 0.29) is 5.60 Å². The second kappa shape index (κ2) is 5.58. The van der Waals surface area contributed by atoms with Gasteiger partial charge in [-0.15, -0.1) is 0 Å². The summed E-state index contributed by atoms with van der Waals surface area (Å²) in [5.74, 6) is 0. The largest absolute Gasteiger partial charge is 0.383 e. The third-order valence-electron chi connectivity index (χ3n) is 1.86. The summed E-state index contributed by atoms with van der Waals surface area (Å²) in [6.45, 7) is 9.68. The molecule has 0 aliphatic heterocycles. The van der Waals surface area contributed by atoms with Crippen LogP contribution in [-0.2, 0) is 9.47 Å². The maximum atomic E-state index is 5.63. The number of nitrogens with zero attached hydrogens (tertiary/aromatic N) is 1. The van der Waals surface area contributed by atoms with Crippen LogP contribution in [-0.4, -0.2) is 44.0 Å². The van der Waals surface area contributed by atoms with Crippen molar-refractivity contribution in [2.45, 2.75) is 39.3 Å². The third kappa shape index (κ3) is 6.99. The molecule has 0 fully saturated rings. The van der Waals surface area contributed by atoms with Crippen LogP contribution in [0.5, 0.6) is 0 Å². The minimum atomic E-state index is -0.0684. The Balaban J connectivity index is 3.67. The fraction of sp³-hybridized carbons (Fsp3) is 1.00. The number of hydrogen-bond acceptors (Lipinski definition) is 3. The quantitative estimate of drug-likeness (QED) is 0.615. The zero-order chi connectivity index (χ0) is 10.5. The summed E-state index contributed by atoms with van der Waals surface area (Å²) >= 11 is 0. The van der Waals surface area contributed by atoms with Gasteiger partial charge in [0.05, 0.1) is 18.9 Å². The molecule has 0 aromatic rings. The van der Waals surface area contributed by atoms with Gasteiger partial charge in [-0.25, -0.2) is 0 Å². The molecule has 1 atom stereocenters. The lowest BCUT2D eigenvalue weighted by atomic mass is 10.2. The van der Waals surface area contributed by atoms with Crippen molar-refractivity contribution in [2.75, 3.05) is 27.5 Å². The molecule has 13 heavy (non-hydrogen) atoms. The van der Waals surface area contributed by atoms with Crippen molar-refractivity contribution in [3.8, 4) is 0 Å². The molecular formula is C10H23NO2. The first-order valence-electron chi connectivity index (χ1n) is 4.70. The maximum absolute atomic E-state index is 5.63. The average molecular weight is 189 g/mol. The fourth-order valence-corrected chi connectivity index (χ4v) is 0.791. The highest BCUT2D eigenvalue weighted by Crippen LogP contribution is 2.08. The lowest BCUT2D eigenvalue weighted by molar-refractivity contribution is -0.0720. The van der Waals surface area contributed by atoms with Gasteiger partial charge in [-0.2, -0.15) is 0 Å². The van der Waals surface area contributed by atoms with Crippen molar-refractivity contribution in [2.24, 2.45) is 0 Å². The van der Waals surface area contributed by atoms with Crippen LogP contribution in [0, 0.1) is 0 Å². The Bertz CT molecular complexity index is 131. The highest BCUT2D eigenvalue weighted by Gasteiger charge is 2.14. The van der Waals surface area contributed by atoms with Gasteiger partial charge in [-0.3, -0.25) is 4.90 Å². The van der Waals surface area contributed by atoms with Crippen molar-refractivity contribution >= 4 is 0 Å². The van der Waals surface area contributed by atoms with Crippen molar-refractivity contribution in [1.82, 2.24) is 4.90 Å². The van der Waals surface area contributed by atoms with Crippen LogP contribution in [0.15, 0.2) is 0 Å². The molecule has 0 amide bonds. The van der Waals surface area contributed by atoms with Gasteiger partial charge < -0.3 is 9.47 Å². The summed E-state index contributed by atoms with van der Waals surface area (Å²) in [4.78, 5) is 2.13. The van der Waals surface area contributed by atoms with Gasteiger partial charge in [0.1, 0.15) is 0 Å². The summed E-state index contributed by atoms with van der Waals surface area (Å²) in [6, 6.07) is 0.396. The lowest BCUT2D eigenvalue weighted by Gasteiger charge is -2.28. The topological polar surface area (TPSA) is 21.7 Å². The Morgan fingerprint density at radius 1 is 1.31 bits per heavy atom. The van der Waals surface area contributed by atoms with Gasteiger partial charge in [-0.1, -0.05) is 0 Å². The van der Waals surface area contributed by atoms with Crippen molar-refractivity contribution in [3.05, 3.63) is 0 Å². The number of likely N-dealkylation sites (N-methyl/N-ethyl adjacent to an activating group) is 1. The molecule has 0 aliphatic rings. The highest BCUT2D eigenvalue weighted by molar-refractivity contribution is 4.62. The molecule has 0 spiro atoms. The Morgan fingerprint density at radius 3 is 2.23 bits per heavy atom. The first-order chi connectivity index (χ1) is 5.87. The maximum Gasteiger partial charge on any atom is 0.0998 e. The van der Waals surface area contributed by atoms with E-state index < -0.39 is 0 Å². The Labute approximate surface area is 82.0 Å². The first-order valence-corrected chi connectivity index (χ1v) is 4.70. The number of rotatable bonds is 5. The van der Waals surface area contributed by atoms with Crippen LogP contribution in [0.3, 0.4) is 0 Å². The highest BCUT2D eigenvalue weighted by atomic mass is 16.5. The first kappa shape index (κ1) is 12.9. The van der Waals surface area contributed by atoms with Crippen LogP contribution < -0.4 is 0 Å². The smallest absolute Gasteiger partial charge is 0.0998 e.